The lowest BCUT2D eigenvalue weighted by Gasteiger charge is -2.18. The number of rotatable bonds is 14. The third-order valence-electron chi connectivity index (χ3n) is 12.4. The molecular formula is C64H44N4O4. The molecule has 0 saturated carbocycles. The summed E-state index contributed by atoms with van der Waals surface area (Å²) in [6.07, 6.45) is 7.63. The third-order valence-corrected chi connectivity index (χ3v) is 12.4. The lowest BCUT2D eigenvalue weighted by Crippen LogP contribution is -2.00. The van der Waals surface area contributed by atoms with Crippen molar-refractivity contribution in [1.29, 1.82) is 0 Å². The van der Waals surface area contributed by atoms with E-state index in [2.05, 4.69) is 120 Å². The number of benzene rings is 10. The van der Waals surface area contributed by atoms with Gasteiger partial charge in [-0.1, -0.05) is 182 Å². The molecule has 2 aromatic heterocycles. The molecule has 0 spiro atoms. The van der Waals surface area contributed by atoms with E-state index in [1.807, 2.05) is 133 Å². The Morgan fingerprint density at radius 1 is 0.278 bits per heavy atom. The number of fused-ring (bicyclic) bond motifs is 4. The van der Waals surface area contributed by atoms with Crippen molar-refractivity contribution in [3.8, 4) is 46.0 Å². The lowest BCUT2D eigenvalue weighted by atomic mass is 10.1. The fourth-order valence-electron chi connectivity index (χ4n) is 8.81. The molecule has 0 atom stereocenters. The molecule has 0 fully saturated rings. The largest absolute Gasteiger partial charge is 0.453 e. The molecule has 0 radical (unpaired) electrons. The highest BCUT2D eigenvalue weighted by Crippen LogP contribution is 2.45. The monoisotopic (exact) mass is 932 g/mol. The highest BCUT2D eigenvalue weighted by Gasteiger charge is 2.20. The Balaban J connectivity index is 0.784. The number of aromatic nitrogens is 2. The molecule has 344 valence electrons. The van der Waals surface area contributed by atoms with Gasteiger partial charge in [0.2, 0.25) is 11.5 Å². The van der Waals surface area contributed by atoms with Gasteiger partial charge in [0.15, 0.2) is 23.1 Å². The van der Waals surface area contributed by atoms with Gasteiger partial charge in [-0.3, -0.25) is 0 Å². The maximum absolute atomic E-state index is 6.77. The van der Waals surface area contributed by atoms with Crippen LogP contribution < -0.4 is 29.6 Å². The molecule has 8 heteroatoms. The van der Waals surface area contributed by atoms with Gasteiger partial charge < -0.3 is 29.6 Å². The van der Waals surface area contributed by atoms with Crippen LogP contribution in [-0.2, 0) is 0 Å². The van der Waals surface area contributed by atoms with E-state index in [1.54, 1.807) is 12.4 Å². The van der Waals surface area contributed by atoms with E-state index in [-0.39, 0.29) is 0 Å². The first-order chi connectivity index (χ1) is 35.6. The summed E-state index contributed by atoms with van der Waals surface area (Å²) in [5.41, 5.74) is 3.73. The predicted molar refractivity (Wildman–Crippen MR) is 293 cm³/mol. The Morgan fingerprint density at radius 2 is 0.583 bits per heavy atom. The predicted octanol–water partition coefficient (Wildman–Crippen LogP) is 17.9. The zero-order valence-electron chi connectivity index (χ0n) is 38.8. The average Bonchev–Trinajstić information content (AvgIpc) is 3.43. The van der Waals surface area contributed by atoms with Gasteiger partial charge in [-0.05, 0) is 81.2 Å². The molecule has 72 heavy (non-hydrogen) atoms. The van der Waals surface area contributed by atoms with Crippen LogP contribution in [0, 0.1) is 0 Å². The minimum absolute atomic E-state index is 0.468. The average molecular weight is 933 g/mol. The van der Waals surface area contributed by atoms with Crippen LogP contribution in [0.15, 0.2) is 243 Å². The SMILES string of the molecule is C(=Cc1ccc(Nc2nccc(Oc3cccc4ccccc34)c2Oc2cccc3ccccc23)cc1)c1ccc(Nc2nccc(Oc3cccc4ccccc34)c2Oc2cccc3ccccc23)cc1. The summed E-state index contributed by atoms with van der Waals surface area (Å²) in [6.45, 7) is 0. The molecule has 0 unspecified atom stereocenters. The molecular weight excluding hydrogens is 889 g/mol. The molecule has 0 amide bonds. The van der Waals surface area contributed by atoms with E-state index in [0.717, 1.165) is 77.1 Å². The first-order valence-electron chi connectivity index (χ1n) is 23.7. The molecule has 2 heterocycles. The lowest BCUT2D eigenvalue weighted by molar-refractivity contribution is 0.423. The van der Waals surface area contributed by atoms with Crippen molar-refractivity contribution in [2.45, 2.75) is 0 Å². The fourth-order valence-corrected chi connectivity index (χ4v) is 8.81. The van der Waals surface area contributed by atoms with Crippen LogP contribution >= 0.6 is 0 Å². The van der Waals surface area contributed by atoms with Crippen molar-refractivity contribution >= 4 is 78.3 Å². The summed E-state index contributed by atoms with van der Waals surface area (Å²) in [5.74, 6) is 5.86. The van der Waals surface area contributed by atoms with Gasteiger partial charge >= 0.3 is 0 Å². The van der Waals surface area contributed by atoms with Crippen LogP contribution in [-0.4, -0.2) is 9.97 Å². The minimum Gasteiger partial charge on any atom is -0.453 e. The number of pyridine rings is 2. The van der Waals surface area contributed by atoms with Crippen molar-refractivity contribution in [2.75, 3.05) is 10.6 Å². The maximum atomic E-state index is 6.77. The van der Waals surface area contributed by atoms with Crippen molar-refractivity contribution in [3.63, 3.8) is 0 Å². The molecule has 0 aliphatic carbocycles. The van der Waals surface area contributed by atoms with E-state index in [1.165, 1.54) is 0 Å². The number of anilines is 4. The second kappa shape index (κ2) is 19.6. The molecule has 0 saturated heterocycles. The van der Waals surface area contributed by atoms with Crippen molar-refractivity contribution in [3.05, 3.63) is 254 Å². The Bertz CT molecular complexity index is 3670. The molecule has 8 nitrogen and oxygen atoms in total. The van der Waals surface area contributed by atoms with Crippen molar-refractivity contribution in [2.24, 2.45) is 0 Å². The van der Waals surface area contributed by atoms with Crippen LogP contribution in [0.4, 0.5) is 23.0 Å². The van der Waals surface area contributed by atoms with Crippen LogP contribution in [0.2, 0.25) is 0 Å². The summed E-state index contributed by atoms with van der Waals surface area (Å²) in [5, 5.41) is 15.3. The van der Waals surface area contributed by atoms with Crippen LogP contribution in [0.5, 0.6) is 46.0 Å². The Morgan fingerprint density at radius 3 is 0.931 bits per heavy atom. The first-order valence-corrected chi connectivity index (χ1v) is 23.7. The number of hydrogen-bond acceptors (Lipinski definition) is 8. The van der Waals surface area contributed by atoms with Gasteiger partial charge in [-0.15, -0.1) is 0 Å². The second-order valence-electron chi connectivity index (χ2n) is 17.1. The molecule has 10 aromatic carbocycles. The van der Waals surface area contributed by atoms with Crippen LogP contribution in [0.25, 0.3) is 55.2 Å². The summed E-state index contributed by atoms with van der Waals surface area (Å²) in [4.78, 5) is 9.52. The summed E-state index contributed by atoms with van der Waals surface area (Å²) in [6, 6.07) is 76.8. The van der Waals surface area contributed by atoms with Gasteiger partial charge in [0.05, 0.1) is 0 Å². The van der Waals surface area contributed by atoms with Gasteiger partial charge in [0, 0.05) is 57.4 Å². The van der Waals surface area contributed by atoms with E-state index in [0.29, 0.717) is 46.1 Å². The zero-order chi connectivity index (χ0) is 48.1. The van der Waals surface area contributed by atoms with E-state index in [4.69, 9.17) is 28.9 Å². The number of ether oxygens (including phenoxy) is 4. The Kier molecular flexibility index (Phi) is 11.8. The Hall–Kier alpha value is -9.92. The summed E-state index contributed by atoms with van der Waals surface area (Å²) in [7, 11) is 0. The van der Waals surface area contributed by atoms with Gasteiger partial charge in [0.1, 0.15) is 23.0 Å². The summed E-state index contributed by atoms with van der Waals surface area (Å²) >= 11 is 0. The second-order valence-corrected chi connectivity index (χ2v) is 17.1. The maximum Gasteiger partial charge on any atom is 0.212 e. The van der Waals surface area contributed by atoms with Crippen molar-refractivity contribution < 1.29 is 18.9 Å². The number of hydrogen-bond donors (Lipinski definition) is 2. The molecule has 12 rings (SSSR count). The quantitative estimate of drug-likeness (QED) is 0.104. The minimum atomic E-state index is 0.468. The highest BCUT2D eigenvalue weighted by molar-refractivity contribution is 5.92. The normalized spacial score (nSPS) is 11.3. The van der Waals surface area contributed by atoms with Crippen molar-refractivity contribution in [1.82, 2.24) is 9.97 Å². The molecule has 0 aliphatic rings. The first kappa shape index (κ1) is 43.4. The fraction of sp³-hybridized carbons (Fsp3) is 0. The highest BCUT2D eigenvalue weighted by atomic mass is 16.5. The van der Waals surface area contributed by atoms with Crippen LogP contribution in [0.3, 0.4) is 0 Å². The molecule has 0 aliphatic heterocycles. The van der Waals surface area contributed by atoms with E-state index < -0.39 is 0 Å². The van der Waals surface area contributed by atoms with E-state index in [9.17, 15) is 0 Å². The third kappa shape index (κ3) is 9.19. The van der Waals surface area contributed by atoms with Gasteiger partial charge in [-0.25, -0.2) is 9.97 Å². The van der Waals surface area contributed by atoms with Gasteiger partial charge in [-0.2, -0.15) is 0 Å². The smallest absolute Gasteiger partial charge is 0.212 e. The standard InChI is InChI=1S/C64H44N4O4/c1-5-21-51-45(13-1)17-9-25-55(51)69-59-39-41-65-63(61(59)71-57-27-11-19-47-15-3-7-23-53(47)57)67-49-35-31-43(32-36-49)29-30-44-33-37-50(38-34-44)68-64-62(72-58-28-12-20-48-16-4-8-24-54(48)58)60(40-42-66-64)70-56-26-10-18-46-14-2-6-22-52(46)56/h1-42H,(H,65,67)(H,66,68). The number of nitrogens with one attached hydrogen (secondary N) is 2. The topological polar surface area (TPSA) is 86.8 Å². The number of nitrogens with zero attached hydrogens (tertiary/aromatic N) is 2. The van der Waals surface area contributed by atoms with E-state index >= 15 is 0 Å². The molecule has 0 bridgehead atoms. The van der Waals surface area contributed by atoms with Gasteiger partial charge in [0.25, 0.3) is 0 Å². The zero-order valence-corrected chi connectivity index (χ0v) is 38.8. The van der Waals surface area contributed by atoms with Crippen LogP contribution in [0.1, 0.15) is 11.1 Å². The molecule has 2 N–H and O–H groups in total. The molecule has 12 aromatic rings. The Labute approximate surface area is 416 Å². The summed E-state index contributed by atoms with van der Waals surface area (Å²) < 4.78 is 26.9.